The van der Waals surface area contributed by atoms with Gasteiger partial charge in [-0.1, -0.05) is 34.1 Å². The van der Waals surface area contributed by atoms with E-state index in [0.29, 0.717) is 6.42 Å². The van der Waals surface area contributed by atoms with Crippen molar-refractivity contribution in [3.05, 3.63) is 60.9 Å². The molecule has 0 spiro atoms. The van der Waals surface area contributed by atoms with Crippen LogP contribution in [0.2, 0.25) is 0 Å². The molecule has 0 radical (unpaired) electrons. The van der Waals surface area contributed by atoms with E-state index in [1.165, 1.54) is 0 Å². The van der Waals surface area contributed by atoms with Crippen LogP contribution in [0.1, 0.15) is 17.2 Å². The zero-order valence-corrected chi connectivity index (χ0v) is 14.7. The van der Waals surface area contributed by atoms with Gasteiger partial charge in [0.25, 0.3) is 0 Å². The predicted molar refractivity (Wildman–Crippen MR) is 88.3 cm³/mol. The van der Waals surface area contributed by atoms with E-state index in [0.717, 1.165) is 24.5 Å². The van der Waals surface area contributed by atoms with Gasteiger partial charge in [0.2, 0.25) is 0 Å². The lowest BCUT2D eigenvalue weighted by Gasteiger charge is -2.15. The van der Waals surface area contributed by atoms with Crippen LogP contribution in [0.3, 0.4) is 0 Å². The quantitative estimate of drug-likeness (QED) is 0.698. The van der Waals surface area contributed by atoms with Gasteiger partial charge in [0.15, 0.2) is 0 Å². The Labute approximate surface area is 137 Å². The Morgan fingerprint density at radius 1 is 1.11 bits per heavy atom. The molecule has 0 aliphatic rings. The number of phenols is 1. The monoisotopic (exact) mass is 447 g/mol. The number of hydrogen-bond donors (Lipinski definition) is 2. The second-order valence-corrected chi connectivity index (χ2v) is 6.79. The fraction of sp³-hybridized carbons (Fsp3) is 0.143. The van der Waals surface area contributed by atoms with Crippen LogP contribution in [-0.2, 0) is 6.42 Å². The zero-order chi connectivity index (χ0) is 14.0. The minimum atomic E-state index is -0.251. The van der Waals surface area contributed by atoms with E-state index in [2.05, 4.69) is 47.8 Å². The van der Waals surface area contributed by atoms with Crippen LogP contribution in [0.5, 0.6) is 5.75 Å². The van der Waals surface area contributed by atoms with Gasteiger partial charge in [0.1, 0.15) is 5.75 Å². The molecule has 0 heterocycles. The normalized spacial score (nSPS) is 12.4. The Morgan fingerprint density at radius 2 is 1.84 bits per heavy atom. The summed E-state index contributed by atoms with van der Waals surface area (Å²) in [6.07, 6.45) is 0.648. The molecule has 100 valence electrons. The molecule has 0 aliphatic heterocycles. The van der Waals surface area contributed by atoms with E-state index >= 15 is 0 Å². The van der Waals surface area contributed by atoms with Crippen LogP contribution in [0.4, 0.5) is 0 Å². The molecular weight excluding hydrogens is 438 g/mol. The van der Waals surface area contributed by atoms with Crippen LogP contribution >= 0.6 is 47.8 Å². The van der Waals surface area contributed by atoms with Crippen LogP contribution in [0, 0.1) is 0 Å². The maximum absolute atomic E-state index is 9.93. The summed E-state index contributed by atoms with van der Waals surface area (Å²) in [7, 11) is 0. The molecule has 19 heavy (non-hydrogen) atoms. The molecule has 0 saturated carbocycles. The number of aromatic hydroxyl groups is 1. The van der Waals surface area contributed by atoms with Gasteiger partial charge in [0, 0.05) is 25.0 Å². The minimum absolute atomic E-state index is 0.216. The lowest BCUT2D eigenvalue weighted by molar-refractivity contribution is 0.460. The Bertz CT molecular complexity index is 601. The summed E-state index contributed by atoms with van der Waals surface area (Å²) < 4.78 is 2.84. The van der Waals surface area contributed by atoms with E-state index in [4.69, 9.17) is 5.73 Å². The highest BCUT2D eigenvalue weighted by Gasteiger charge is 2.14. The second kappa shape index (κ2) is 6.39. The Hall–Kier alpha value is -0.360. The Balaban J connectivity index is 2.25. The summed E-state index contributed by atoms with van der Waals surface area (Å²) in [5.41, 5.74) is 8.03. The third kappa shape index (κ3) is 3.60. The third-order valence-corrected chi connectivity index (χ3v) is 5.49. The van der Waals surface area contributed by atoms with Crippen molar-refractivity contribution in [3.63, 3.8) is 0 Å². The lowest BCUT2D eigenvalue weighted by atomic mass is 9.99. The van der Waals surface area contributed by atoms with Crippen molar-refractivity contribution >= 4 is 47.8 Å². The van der Waals surface area contributed by atoms with Crippen LogP contribution in [0.15, 0.2) is 49.8 Å². The highest BCUT2D eigenvalue weighted by molar-refractivity contribution is 9.13. The van der Waals surface area contributed by atoms with Gasteiger partial charge in [-0.2, -0.15) is 0 Å². The summed E-state index contributed by atoms with van der Waals surface area (Å²) in [4.78, 5) is 0. The van der Waals surface area contributed by atoms with Gasteiger partial charge in [-0.05, 0) is 62.0 Å². The molecule has 0 aliphatic carbocycles. The van der Waals surface area contributed by atoms with E-state index < -0.39 is 0 Å². The number of phenolic OH excluding ortho intramolecular Hbond substituents is 1. The van der Waals surface area contributed by atoms with E-state index in [-0.39, 0.29) is 11.8 Å². The van der Waals surface area contributed by atoms with E-state index in [1.54, 1.807) is 6.07 Å². The van der Waals surface area contributed by atoms with Gasteiger partial charge < -0.3 is 10.8 Å². The summed E-state index contributed by atoms with van der Waals surface area (Å²) in [5, 5.41) is 9.93. The number of nitrogens with two attached hydrogens (primary N) is 1. The number of benzene rings is 2. The fourth-order valence-corrected chi connectivity index (χ4v) is 3.07. The lowest BCUT2D eigenvalue weighted by Crippen LogP contribution is -2.13. The molecule has 3 N–H and O–H groups in total. The van der Waals surface area contributed by atoms with Crippen molar-refractivity contribution in [2.45, 2.75) is 12.5 Å². The van der Waals surface area contributed by atoms with Crippen molar-refractivity contribution in [2.24, 2.45) is 5.73 Å². The molecule has 0 aromatic heterocycles. The van der Waals surface area contributed by atoms with Gasteiger partial charge in [-0.3, -0.25) is 0 Å². The molecule has 5 heteroatoms. The first kappa shape index (κ1) is 15.0. The van der Waals surface area contributed by atoms with Crippen LogP contribution < -0.4 is 5.73 Å². The molecule has 2 nitrogen and oxygen atoms in total. The number of halogens is 3. The average molecular weight is 450 g/mol. The highest BCUT2D eigenvalue weighted by atomic mass is 79.9. The molecule has 2 aromatic rings. The fourth-order valence-electron chi connectivity index (χ4n) is 1.88. The highest BCUT2D eigenvalue weighted by Crippen LogP contribution is 2.32. The third-order valence-electron chi connectivity index (χ3n) is 2.86. The van der Waals surface area contributed by atoms with Gasteiger partial charge in [0.05, 0.1) is 0 Å². The average Bonchev–Trinajstić information content (AvgIpc) is 2.34. The maximum Gasteiger partial charge on any atom is 0.121 e. The molecule has 0 unspecified atom stereocenters. The molecular formula is C14H12Br3NO. The summed E-state index contributed by atoms with van der Waals surface area (Å²) in [5.74, 6) is 0.216. The van der Waals surface area contributed by atoms with E-state index in [1.807, 2.05) is 30.3 Å². The van der Waals surface area contributed by atoms with Crippen LogP contribution in [0.25, 0.3) is 0 Å². The van der Waals surface area contributed by atoms with Crippen molar-refractivity contribution in [1.29, 1.82) is 0 Å². The number of rotatable bonds is 3. The molecule has 0 amide bonds. The predicted octanol–water partition coefficient (Wildman–Crippen LogP) is 4.92. The molecule has 0 saturated heterocycles. The Morgan fingerprint density at radius 3 is 2.53 bits per heavy atom. The van der Waals surface area contributed by atoms with Gasteiger partial charge in [-0.15, -0.1) is 0 Å². The van der Waals surface area contributed by atoms with E-state index in [9.17, 15) is 5.11 Å². The standard InChI is InChI=1S/C14H12Br3NO/c15-9-4-5-10(13(19)7-9)12(18)6-8-2-1-3-11(16)14(8)17/h1-5,7,12,19H,6,18H2/t12-/m1/s1. The maximum atomic E-state index is 9.93. The zero-order valence-electron chi connectivity index (χ0n) is 9.91. The van der Waals surface area contributed by atoms with Crippen molar-refractivity contribution in [2.75, 3.05) is 0 Å². The largest absolute Gasteiger partial charge is 0.508 e. The first-order chi connectivity index (χ1) is 8.99. The topological polar surface area (TPSA) is 46.2 Å². The first-order valence-electron chi connectivity index (χ1n) is 5.66. The second-order valence-electron chi connectivity index (χ2n) is 4.23. The van der Waals surface area contributed by atoms with Crippen molar-refractivity contribution in [3.8, 4) is 5.75 Å². The smallest absolute Gasteiger partial charge is 0.121 e. The summed E-state index contributed by atoms with van der Waals surface area (Å²) in [6.45, 7) is 0. The molecule has 2 aromatic carbocycles. The Kier molecular flexibility index (Phi) is 5.06. The summed E-state index contributed by atoms with van der Waals surface area (Å²) >= 11 is 10.3. The van der Waals surface area contributed by atoms with Gasteiger partial charge >= 0.3 is 0 Å². The molecule has 0 bridgehead atoms. The molecule has 1 atom stereocenters. The number of hydrogen-bond acceptors (Lipinski definition) is 2. The van der Waals surface area contributed by atoms with Crippen LogP contribution in [-0.4, -0.2) is 5.11 Å². The SMILES string of the molecule is N[C@H](Cc1cccc(Br)c1Br)c1ccc(Br)cc1O. The molecule has 2 rings (SSSR count). The first-order valence-corrected chi connectivity index (χ1v) is 8.04. The minimum Gasteiger partial charge on any atom is -0.508 e. The van der Waals surface area contributed by atoms with Crippen molar-refractivity contribution in [1.82, 2.24) is 0 Å². The van der Waals surface area contributed by atoms with Gasteiger partial charge in [-0.25, -0.2) is 0 Å². The van der Waals surface area contributed by atoms with Crippen molar-refractivity contribution < 1.29 is 5.11 Å². The molecule has 0 fully saturated rings. The summed E-state index contributed by atoms with van der Waals surface area (Å²) in [6, 6.07) is 11.1.